The Hall–Kier alpha value is -1.10. The van der Waals surface area contributed by atoms with Crippen LogP contribution in [0.15, 0.2) is 24.3 Å². The van der Waals surface area contributed by atoms with Crippen molar-refractivity contribution >= 4 is 17.5 Å². The fraction of sp³-hybridized carbons (Fsp3) is 0.611. The van der Waals surface area contributed by atoms with E-state index in [1.807, 2.05) is 31.2 Å². The Balaban J connectivity index is 2.14. The molecule has 0 spiro atoms. The van der Waals surface area contributed by atoms with Crippen LogP contribution in [-0.2, 0) is 16.0 Å². The number of nitrogens with zero attached hydrogens (tertiary/aromatic N) is 1. The van der Waals surface area contributed by atoms with E-state index in [2.05, 4.69) is 24.1 Å². The maximum Gasteiger partial charge on any atom is 0.223 e. The van der Waals surface area contributed by atoms with Gasteiger partial charge in [0, 0.05) is 24.0 Å². The predicted molar refractivity (Wildman–Crippen MR) is 95.9 cm³/mol. The van der Waals surface area contributed by atoms with Gasteiger partial charge in [0.25, 0.3) is 0 Å². The number of hydrogen-bond donors (Lipinski definition) is 1. The molecule has 1 atom stereocenters. The number of amides is 1. The first-order valence-electron chi connectivity index (χ1n) is 8.39. The normalized spacial score (nSPS) is 12.4. The minimum absolute atomic E-state index is 0.0623. The number of carbonyl (C=O) groups excluding carboxylic acids is 1. The van der Waals surface area contributed by atoms with E-state index >= 15 is 0 Å². The molecule has 0 aliphatic rings. The minimum Gasteiger partial charge on any atom is -0.378 e. The van der Waals surface area contributed by atoms with Gasteiger partial charge in [-0.25, -0.2) is 0 Å². The molecule has 0 radical (unpaired) electrons. The molecule has 130 valence electrons. The number of ether oxygens (including phenoxy) is 1. The summed E-state index contributed by atoms with van der Waals surface area (Å²) in [6, 6.07) is 7.63. The van der Waals surface area contributed by atoms with Crippen molar-refractivity contribution in [3.05, 3.63) is 34.9 Å². The molecule has 4 nitrogen and oxygen atoms in total. The zero-order chi connectivity index (χ0) is 17.1. The summed E-state index contributed by atoms with van der Waals surface area (Å²) in [5, 5.41) is 3.64. The van der Waals surface area contributed by atoms with Gasteiger partial charge in [0.05, 0.1) is 13.2 Å². The van der Waals surface area contributed by atoms with Gasteiger partial charge in [0.1, 0.15) is 0 Å². The molecule has 1 aromatic carbocycles. The van der Waals surface area contributed by atoms with Gasteiger partial charge in [-0.05, 0) is 37.2 Å². The van der Waals surface area contributed by atoms with E-state index in [0.717, 1.165) is 25.2 Å². The van der Waals surface area contributed by atoms with Gasteiger partial charge in [-0.15, -0.1) is 0 Å². The lowest BCUT2D eigenvalue weighted by molar-refractivity contribution is -0.124. The number of rotatable bonds is 11. The Labute approximate surface area is 145 Å². The van der Waals surface area contributed by atoms with Gasteiger partial charge >= 0.3 is 0 Å². The highest BCUT2D eigenvalue weighted by atomic mass is 35.5. The third kappa shape index (κ3) is 8.35. The monoisotopic (exact) mass is 340 g/mol. The summed E-state index contributed by atoms with van der Waals surface area (Å²) in [4.78, 5) is 14.4. The van der Waals surface area contributed by atoms with Crippen LogP contribution in [0.2, 0.25) is 5.02 Å². The van der Waals surface area contributed by atoms with E-state index in [-0.39, 0.29) is 11.8 Å². The van der Waals surface area contributed by atoms with E-state index in [4.69, 9.17) is 16.3 Å². The standard InChI is InChI=1S/C18H29ClN2O2/c1-4-21(5-2)11-13-23-12-10-20-18(22)15(3)14-16-6-8-17(19)9-7-16/h6-9,15H,4-5,10-14H2,1-3H3,(H,20,22). The lowest BCUT2D eigenvalue weighted by Gasteiger charge is -2.17. The molecule has 5 heteroatoms. The highest BCUT2D eigenvalue weighted by Gasteiger charge is 2.12. The Morgan fingerprint density at radius 3 is 2.48 bits per heavy atom. The minimum atomic E-state index is -0.0631. The van der Waals surface area contributed by atoms with Crippen molar-refractivity contribution in [2.75, 3.05) is 39.4 Å². The van der Waals surface area contributed by atoms with E-state index < -0.39 is 0 Å². The molecular weight excluding hydrogens is 312 g/mol. The average Bonchev–Trinajstić information content (AvgIpc) is 2.56. The lowest BCUT2D eigenvalue weighted by Crippen LogP contribution is -2.33. The second kappa shape index (κ2) is 11.4. The summed E-state index contributed by atoms with van der Waals surface area (Å²) in [5.41, 5.74) is 1.12. The first-order chi connectivity index (χ1) is 11.1. The van der Waals surface area contributed by atoms with Crippen LogP contribution < -0.4 is 5.32 Å². The second-order valence-corrected chi connectivity index (χ2v) is 6.10. The molecule has 1 aromatic rings. The van der Waals surface area contributed by atoms with Crippen LogP contribution in [0.3, 0.4) is 0 Å². The molecule has 0 fully saturated rings. The van der Waals surface area contributed by atoms with Gasteiger partial charge in [0.2, 0.25) is 5.91 Å². The molecule has 1 rings (SSSR count). The molecule has 0 aliphatic carbocycles. The van der Waals surface area contributed by atoms with Crippen LogP contribution in [-0.4, -0.2) is 50.2 Å². The smallest absolute Gasteiger partial charge is 0.223 e. The molecular formula is C18H29ClN2O2. The van der Waals surface area contributed by atoms with Crippen LogP contribution in [0.4, 0.5) is 0 Å². The predicted octanol–water partition coefficient (Wildman–Crippen LogP) is 2.99. The maximum absolute atomic E-state index is 12.0. The number of halogens is 1. The first kappa shape index (κ1) is 19.9. The van der Waals surface area contributed by atoms with Crippen molar-refractivity contribution in [1.82, 2.24) is 10.2 Å². The molecule has 1 N–H and O–H groups in total. The maximum atomic E-state index is 12.0. The average molecular weight is 341 g/mol. The summed E-state index contributed by atoms with van der Waals surface area (Å²) in [7, 11) is 0. The van der Waals surface area contributed by atoms with Gasteiger partial charge in [-0.3, -0.25) is 4.79 Å². The van der Waals surface area contributed by atoms with Crippen molar-refractivity contribution in [3.8, 4) is 0 Å². The van der Waals surface area contributed by atoms with Crippen molar-refractivity contribution in [1.29, 1.82) is 0 Å². The Morgan fingerprint density at radius 1 is 1.22 bits per heavy atom. The fourth-order valence-corrected chi connectivity index (χ4v) is 2.45. The van der Waals surface area contributed by atoms with Crippen molar-refractivity contribution in [3.63, 3.8) is 0 Å². The molecule has 0 aliphatic heterocycles. The Bertz CT molecular complexity index is 447. The molecule has 0 bridgehead atoms. The van der Waals surface area contributed by atoms with Crippen LogP contribution in [0.5, 0.6) is 0 Å². The third-order valence-electron chi connectivity index (χ3n) is 3.89. The zero-order valence-electron chi connectivity index (χ0n) is 14.5. The molecule has 0 saturated carbocycles. The molecule has 0 heterocycles. The largest absolute Gasteiger partial charge is 0.378 e. The van der Waals surface area contributed by atoms with Crippen molar-refractivity contribution in [2.24, 2.45) is 5.92 Å². The van der Waals surface area contributed by atoms with Crippen LogP contribution >= 0.6 is 11.6 Å². The molecule has 1 unspecified atom stereocenters. The second-order valence-electron chi connectivity index (χ2n) is 5.66. The quantitative estimate of drug-likeness (QED) is 0.630. The lowest BCUT2D eigenvalue weighted by atomic mass is 10.0. The number of nitrogens with one attached hydrogen (secondary N) is 1. The summed E-state index contributed by atoms with van der Waals surface area (Å²) < 4.78 is 5.56. The number of carbonyl (C=O) groups is 1. The topological polar surface area (TPSA) is 41.6 Å². The van der Waals surface area contributed by atoms with Crippen LogP contribution in [0, 0.1) is 5.92 Å². The first-order valence-corrected chi connectivity index (χ1v) is 8.76. The molecule has 0 aromatic heterocycles. The molecule has 23 heavy (non-hydrogen) atoms. The van der Waals surface area contributed by atoms with Gasteiger partial charge < -0.3 is 15.0 Å². The van der Waals surface area contributed by atoms with E-state index in [0.29, 0.717) is 31.2 Å². The van der Waals surface area contributed by atoms with Gasteiger partial charge in [-0.2, -0.15) is 0 Å². The third-order valence-corrected chi connectivity index (χ3v) is 4.15. The molecule has 1 amide bonds. The summed E-state index contributed by atoms with van der Waals surface area (Å²) >= 11 is 5.86. The van der Waals surface area contributed by atoms with E-state index in [1.165, 1.54) is 0 Å². The van der Waals surface area contributed by atoms with Crippen molar-refractivity contribution < 1.29 is 9.53 Å². The number of hydrogen-bond acceptors (Lipinski definition) is 3. The SMILES string of the molecule is CCN(CC)CCOCCNC(=O)C(C)Cc1ccc(Cl)cc1. The Morgan fingerprint density at radius 2 is 1.87 bits per heavy atom. The number of likely N-dealkylation sites (N-methyl/N-ethyl adjacent to an activating group) is 1. The van der Waals surface area contributed by atoms with E-state index in [9.17, 15) is 4.79 Å². The fourth-order valence-electron chi connectivity index (χ4n) is 2.32. The Kier molecular flexibility index (Phi) is 9.92. The van der Waals surface area contributed by atoms with Crippen molar-refractivity contribution in [2.45, 2.75) is 27.2 Å². The summed E-state index contributed by atoms with van der Waals surface area (Å²) in [5.74, 6) is -0.000794. The zero-order valence-corrected chi connectivity index (χ0v) is 15.2. The van der Waals surface area contributed by atoms with Crippen LogP contribution in [0.1, 0.15) is 26.3 Å². The highest BCUT2D eigenvalue weighted by molar-refractivity contribution is 6.30. The van der Waals surface area contributed by atoms with Gasteiger partial charge in [0.15, 0.2) is 0 Å². The van der Waals surface area contributed by atoms with Crippen LogP contribution in [0.25, 0.3) is 0 Å². The summed E-state index contributed by atoms with van der Waals surface area (Å²) in [6.07, 6.45) is 0.714. The summed E-state index contributed by atoms with van der Waals surface area (Å²) in [6.45, 7) is 11.1. The molecule has 0 saturated heterocycles. The number of benzene rings is 1. The highest BCUT2D eigenvalue weighted by Crippen LogP contribution is 2.13. The van der Waals surface area contributed by atoms with E-state index in [1.54, 1.807) is 0 Å². The van der Waals surface area contributed by atoms with Gasteiger partial charge in [-0.1, -0.05) is 44.5 Å².